The molecular formula is C22H34N2O4. The van der Waals surface area contributed by atoms with E-state index in [1.54, 1.807) is 13.2 Å². The van der Waals surface area contributed by atoms with Gasteiger partial charge in [0.15, 0.2) is 0 Å². The first kappa shape index (κ1) is 22.2. The number of benzene rings is 1. The van der Waals surface area contributed by atoms with Crippen LogP contribution in [0.2, 0.25) is 0 Å². The van der Waals surface area contributed by atoms with Crippen LogP contribution in [-0.2, 0) is 16.1 Å². The second kappa shape index (κ2) is 9.92. The Morgan fingerprint density at radius 2 is 1.79 bits per heavy atom. The Kier molecular flexibility index (Phi) is 7.87. The minimum absolute atomic E-state index is 0.146. The van der Waals surface area contributed by atoms with Gasteiger partial charge in [0, 0.05) is 19.2 Å². The Morgan fingerprint density at radius 3 is 2.39 bits per heavy atom. The number of rotatable bonds is 6. The molecule has 0 radical (unpaired) electrons. The first-order valence-corrected chi connectivity index (χ1v) is 10.1. The van der Waals surface area contributed by atoms with Crippen LogP contribution < -0.4 is 10.6 Å². The lowest BCUT2D eigenvalue weighted by molar-refractivity contribution is 0.0437. The zero-order valence-corrected chi connectivity index (χ0v) is 17.6. The maximum Gasteiger partial charge on any atom is 0.408 e. The summed E-state index contributed by atoms with van der Waals surface area (Å²) in [5, 5.41) is 6.10. The quantitative estimate of drug-likeness (QED) is 0.715. The molecule has 0 aromatic heterocycles. The molecule has 2 N–H and O–H groups in total. The fourth-order valence-electron chi connectivity index (χ4n) is 3.59. The van der Waals surface area contributed by atoms with Crippen molar-refractivity contribution >= 4 is 12.0 Å². The Bertz CT molecular complexity index is 659. The summed E-state index contributed by atoms with van der Waals surface area (Å²) in [5.41, 5.74) is 0.515. The van der Waals surface area contributed by atoms with E-state index in [4.69, 9.17) is 9.47 Å². The van der Waals surface area contributed by atoms with Crippen LogP contribution in [-0.4, -0.2) is 36.8 Å². The molecule has 0 spiro atoms. The van der Waals surface area contributed by atoms with E-state index in [-0.39, 0.29) is 5.91 Å². The minimum atomic E-state index is -0.555. The molecule has 6 nitrogen and oxygen atoms in total. The molecule has 0 atom stereocenters. The van der Waals surface area contributed by atoms with E-state index in [1.807, 2.05) is 39.0 Å². The normalized spacial score (nSPS) is 16.7. The van der Waals surface area contributed by atoms with Gasteiger partial charge in [0.2, 0.25) is 0 Å². The van der Waals surface area contributed by atoms with Gasteiger partial charge in [-0.3, -0.25) is 4.79 Å². The van der Waals surface area contributed by atoms with E-state index < -0.39 is 17.2 Å². The number of nitrogens with one attached hydrogen (secondary N) is 2. The average molecular weight is 391 g/mol. The average Bonchev–Trinajstić information content (AvgIpc) is 2.84. The first-order chi connectivity index (χ1) is 13.2. The topological polar surface area (TPSA) is 76.7 Å². The molecule has 1 aliphatic carbocycles. The highest BCUT2D eigenvalue weighted by Gasteiger charge is 2.34. The Hall–Kier alpha value is -2.08. The predicted octanol–water partition coefficient (Wildman–Crippen LogP) is 4.18. The van der Waals surface area contributed by atoms with Crippen LogP contribution in [0, 0.1) is 0 Å². The summed E-state index contributed by atoms with van der Waals surface area (Å²) in [7, 11) is 1.63. The van der Waals surface area contributed by atoms with Gasteiger partial charge in [-0.25, -0.2) is 4.79 Å². The lowest BCUT2D eigenvalue weighted by Gasteiger charge is -2.35. The van der Waals surface area contributed by atoms with E-state index in [0.717, 1.165) is 44.1 Å². The molecule has 2 amide bonds. The molecule has 1 saturated carbocycles. The van der Waals surface area contributed by atoms with Crippen molar-refractivity contribution in [1.82, 2.24) is 10.6 Å². The maximum atomic E-state index is 12.7. The molecular weight excluding hydrogens is 356 g/mol. The van der Waals surface area contributed by atoms with Crippen molar-refractivity contribution in [3.8, 4) is 0 Å². The molecule has 0 aliphatic heterocycles. The molecule has 1 aromatic carbocycles. The third kappa shape index (κ3) is 7.15. The zero-order valence-electron chi connectivity index (χ0n) is 17.6. The van der Waals surface area contributed by atoms with Crippen LogP contribution in [0.1, 0.15) is 75.2 Å². The number of hydrogen-bond donors (Lipinski definition) is 2. The number of amides is 2. The van der Waals surface area contributed by atoms with Crippen molar-refractivity contribution in [2.24, 2.45) is 0 Å². The Balaban J connectivity index is 2.06. The first-order valence-electron chi connectivity index (χ1n) is 10.1. The fourth-order valence-corrected chi connectivity index (χ4v) is 3.59. The fraction of sp³-hybridized carbons (Fsp3) is 0.636. The number of alkyl carbamates (subject to hydrolysis) is 1. The molecule has 1 fully saturated rings. The van der Waals surface area contributed by atoms with Gasteiger partial charge in [0.1, 0.15) is 5.60 Å². The molecule has 0 bridgehead atoms. The Morgan fingerprint density at radius 1 is 1.11 bits per heavy atom. The number of hydrogen-bond acceptors (Lipinski definition) is 4. The van der Waals surface area contributed by atoms with E-state index in [1.165, 1.54) is 0 Å². The van der Waals surface area contributed by atoms with Gasteiger partial charge < -0.3 is 20.1 Å². The molecule has 0 unspecified atom stereocenters. The lowest BCUT2D eigenvalue weighted by atomic mass is 9.90. The van der Waals surface area contributed by atoms with Crippen molar-refractivity contribution in [3.05, 3.63) is 35.4 Å². The Labute approximate surface area is 168 Å². The van der Waals surface area contributed by atoms with E-state index >= 15 is 0 Å². The van der Waals surface area contributed by atoms with Crippen LogP contribution in [0.5, 0.6) is 0 Å². The zero-order chi connectivity index (χ0) is 20.6. The molecule has 28 heavy (non-hydrogen) atoms. The highest BCUT2D eigenvalue weighted by atomic mass is 16.6. The summed E-state index contributed by atoms with van der Waals surface area (Å²) in [6, 6.07) is 7.40. The molecule has 6 heteroatoms. The molecule has 1 aromatic rings. The summed E-state index contributed by atoms with van der Waals surface area (Å²) in [6.07, 6.45) is 5.57. The summed E-state index contributed by atoms with van der Waals surface area (Å²) >= 11 is 0. The van der Waals surface area contributed by atoms with Gasteiger partial charge in [0.05, 0.1) is 12.1 Å². The largest absolute Gasteiger partial charge is 0.444 e. The standard InChI is InChI=1S/C22H34N2O4/c1-21(2,3)28-20(26)24-22(12-7-5-6-8-13-22)16-23-19(25)18-11-9-10-17(14-18)15-27-4/h9-11,14H,5-8,12-13,15-16H2,1-4H3,(H,23,25)(H,24,26). The third-order valence-corrected chi connectivity index (χ3v) is 4.91. The van der Waals surface area contributed by atoms with Crippen molar-refractivity contribution in [1.29, 1.82) is 0 Å². The summed E-state index contributed by atoms with van der Waals surface area (Å²) in [6.45, 7) is 6.40. The van der Waals surface area contributed by atoms with Crippen LogP contribution in [0.4, 0.5) is 4.79 Å². The van der Waals surface area contributed by atoms with Gasteiger partial charge in [-0.15, -0.1) is 0 Å². The number of ether oxygens (including phenoxy) is 2. The van der Waals surface area contributed by atoms with E-state index in [2.05, 4.69) is 10.6 Å². The number of methoxy groups -OCH3 is 1. The van der Waals surface area contributed by atoms with Crippen LogP contribution in [0.25, 0.3) is 0 Å². The van der Waals surface area contributed by atoms with Crippen molar-refractivity contribution < 1.29 is 19.1 Å². The van der Waals surface area contributed by atoms with Crippen molar-refractivity contribution in [2.75, 3.05) is 13.7 Å². The summed E-state index contributed by atoms with van der Waals surface area (Å²) in [5.74, 6) is -0.146. The second-order valence-corrected chi connectivity index (χ2v) is 8.64. The lowest BCUT2D eigenvalue weighted by Crippen LogP contribution is -2.56. The third-order valence-electron chi connectivity index (χ3n) is 4.91. The van der Waals surface area contributed by atoms with Crippen LogP contribution in [0.3, 0.4) is 0 Å². The highest BCUT2D eigenvalue weighted by Crippen LogP contribution is 2.27. The number of carbonyl (C=O) groups is 2. The van der Waals surface area contributed by atoms with Gasteiger partial charge in [-0.1, -0.05) is 37.8 Å². The SMILES string of the molecule is COCc1cccc(C(=O)NCC2(NC(=O)OC(C)(C)C)CCCCCC2)c1. The summed E-state index contributed by atoms with van der Waals surface area (Å²) < 4.78 is 10.6. The van der Waals surface area contributed by atoms with Crippen molar-refractivity contribution in [2.45, 2.75) is 77.0 Å². The van der Waals surface area contributed by atoms with Gasteiger partial charge in [-0.2, -0.15) is 0 Å². The molecule has 0 saturated heterocycles. The highest BCUT2D eigenvalue weighted by molar-refractivity contribution is 5.94. The maximum absolute atomic E-state index is 12.7. The van der Waals surface area contributed by atoms with Gasteiger partial charge in [-0.05, 0) is 51.3 Å². The van der Waals surface area contributed by atoms with Crippen molar-refractivity contribution in [3.63, 3.8) is 0 Å². The molecule has 0 heterocycles. The summed E-state index contributed by atoms with van der Waals surface area (Å²) in [4.78, 5) is 25.1. The van der Waals surface area contributed by atoms with E-state index in [0.29, 0.717) is 18.7 Å². The van der Waals surface area contributed by atoms with Crippen LogP contribution >= 0.6 is 0 Å². The molecule has 1 aliphatic rings. The van der Waals surface area contributed by atoms with Gasteiger partial charge in [0.25, 0.3) is 5.91 Å². The molecule has 2 rings (SSSR count). The molecule has 156 valence electrons. The number of carbonyl (C=O) groups excluding carboxylic acids is 2. The second-order valence-electron chi connectivity index (χ2n) is 8.64. The smallest absolute Gasteiger partial charge is 0.408 e. The predicted molar refractivity (Wildman–Crippen MR) is 109 cm³/mol. The monoisotopic (exact) mass is 390 g/mol. The van der Waals surface area contributed by atoms with E-state index in [9.17, 15) is 9.59 Å². The minimum Gasteiger partial charge on any atom is -0.444 e. The van der Waals surface area contributed by atoms with Crippen LogP contribution in [0.15, 0.2) is 24.3 Å². The van der Waals surface area contributed by atoms with Gasteiger partial charge >= 0.3 is 6.09 Å².